The van der Waals surface area contributed by atoms with Crippen molar-refractivity contribution < 1.29 is 0 Å². The van der Waals surface area contributed by atoms with Crippen molar-refractivity contribution in [3.05, 3.63) is 15.8 Å². The van der Waals surface area contributed by atoms with Gasteiger partial charge in [-0.05, 0) is 36.9 Å². The third kappa shape index (κ3) is 2.22. The molecule has 4 heteroatoms. The summed E-state index contributed by atoms with van der Waals surface area (Å²) in [5, 5.41) is 8.93. The Morgan fingerprint density at radius 2 is 2.50 bits per heavy atom. The summed E-state index contributed by atoms with van der Waals surface area (Å²) in [6.45, 7) is 4.47. The van der Waals surface area contributed by atoms with Gasteiger partial charge in [0.25, 0.3) is 0 Å². The molecular weight excluding hydrogens is 216 g/mol. The molecule has 0 spiro atoms. The first-order valence-electron chi connectivity index (χ1n) is 4.97. The fourth-order valence-corrected chi connectivity index (χ4v) is 2.67. The lowest BCUT2D eigenvalue weighted by Gasteiger charge is -2.30. The van der Waals surface area contributed by atoms with Gasteiger partial charge in [0.05, 0.1) is 5.69 Å². The molecule has 0 bridgehead atoms. The minimum absolute atomic E-state index is 0.559. The van der Waals surface area contributed by atoms with Crippen LogP contribution in [0.15, 0.2) is 11.4 Å². The summed E-state index contributed by atoms with van der Waals surface area (Å²) >= 11 is 7.63. The molecule has 2 atom stereocenters. The smallest absolute Gasteiger partial charge is 0.116 e. The van der Waals surface area contributed by atoms with Crippen molar-refractivity contribution in [2.45, 2.75) is 19.4 Å². The van der Waals surface area contributed by atoms with Gasteiger partial charge in [-0.1, -0.05) is 18.5 Å². The van der Waals surface area contributed by atoms with E-state index in [0.29, 0.717) is 12.0 Å². The highest BCUT2D eigenvalue weighted by Crippen LogP contribution is 2.29. The maximum atomic E-state index is 6.05. The highest BCUT2D eigenvalue weighted by Gasteiger charge is 2.21. The topological polar surface area (TPSA) is 24.1 Å². The monoisotopic (exact) mass is 230 g/mol. The third-order valence-electron chi connectivity index (χ3n) is 2.74. The van der Waals surface area contributed by atoms with Gasteiger partial charge in [0.15, 0.2) is 0 Å². The zero-order chi connectivity index (χ0) is 9.97. The highest BCUT2D eigenvalue weighted by molar-refractivity contribution is 7.15. The van der Waals surface area contributed by atoms with Gasteiger partial charge >= 0.3 is 0 Å². The normalized spacial score (nSPS) is 27.6. The van der Waals surface area contributed by atoms with Crippen LogP contribution < -0.4 is 10.6 Å². The molecule has 1 fully saturated rings. The number of nitrogens with one attached hydrogen (secondary N) is 2. The standard InChI is InChI=1S/C10H15ClN2S/c1-7-6-12-4-2-8(7)13-9-3-5-14-10(9)11/h3,5,7-8,12-13H,2,4,6H2,1H3. The second-order valence-electron chi connectivity index (χ2n) is 3.83. The van der Waals surface area contributed by atoms with Crippen molar-refractivity contribution >= 4 is 28.6 Å². The molecule has 0 saturated carbocycles. The van der Waals surface area contributed by atoms with Gasteiger partial charge in [0, 0.05) is 6.04 Å². The van der Waals surface area contributed by atoms with Crippen molar-refractivity contribution in [3.8, 4) is 0 Å². The second kappa shape index (κ2) is 4.51. The lowest BCUT2D eigenvalue weighted by molar-refractivity contribution is 0.368. The molecule has 2 rings (SSSR count). The first-order valence-corrected chi connectivity index (χ1v) is 6.23. The maximum absolute atomic E-state index is 6.05. The summed E-state index contributed by atoms with van der Waals surface area (Å²) in [5.41, 5.74) is 1.09. The predicted octanol–water partition coefficient (Wildman–Crippen LogP) is 2.81. The summed E-state index contributed by atoms with van der Waals surface area (Å²) in [6, 6.07) is 2.62. The van der Waals surface area contributed by atoms with E-state index >= 15 is 0 Å². The quantitative estimate of drug-likeness (QED) is 0.817. The molecule has 2 unspecified atom stereocenters. The van der Waals surface area contributed by atoms with Crippen molar-refractivity contribution in [3.63, 3.8) is 0 Å². The molecule has 1 aromatic rings. The van der Waals surface area contributed by atoms with Gasteiger partial charge in [-0.25, -0.2) is 0 Å². The minimum atomic E-state index is 0.559. The molecule has 1 aliphatic heterocycles. The van der Waals surface area contributed by atoms with Crippen LogP contribution in [-0.4, -0.2) is 19.1 Å². The largest absolute Gasteiger partial charge is 0.380 e. The van der Waals surface area contributed by atoms with E-state index in [-0.39, 0.29) is 0 Å². The van der Waals surface area contributed by atoms with Crippen LogP contribution in [0.3, 0.4) is 0 Å². The number of piperidine rings is 1. The zero-order valence-electron chi connectivity index (χ0n) is 8.22. The second-order valence-corrected chi connectivity index (χ2v) is 5.35. The van der Waals surface area contributed by atoms with Crippen molar-refractivity contribution in [2.24, 2.45) is 5.92 Å². The molecule has 1 aromatic heterocycles. The first kappa shape index (κ1) is 10.3. The third-order valence-corrected chi connectivity index (χ3v) is 3.91. The van der Waals surface area contributed by atoms with Gasteiger partial charge in [-0.15, -0.1) is 11.3 Å². The molecule has 14 heavy (non-hydrogen) atoms. The summed E-state index contributed by atoms with van der Waals surface area (Å²) in [5.74, 6) is 0.666. The molecular formula is C10H15ClN2S. The van der Waals surface area contributed by atoms with E-state index in [4.69, 9.17) is 11.6 Å². The van der Waals surface area contributed by atoms with E-state index in [2.05, 4.69) is 23.6 Å². The Bertz CT molecular complexity index is 300. The Balaban J connectivity index is 1.99. The average Bonchev–Trinajstić information content (AvgIpc) is 2.56. The number of halogens is 1. The van der Waals surface area contributed by atoms with E-state index in [9.17, 15) is 0 Å². The lowest BCUT2D eigenvalue weighted by atomic mass is 9.95. The highest BCUT2D eigenvalue weighted by atomic mass is 35.5. The fraction of sp³-hybridized carbons (Fsp3) is 0.600. The molecule has 0 aromatic carbocycles. The van der Waals surface area contributed by atoms with Crippen LogP contribution in [0.1, 0.15) is 13.3 Å². The van der Waals surface area contributed by atoms with E-state index in [0.717, 1.165) is 23.1 Å². The Morgan fingerprint density at radius 3 is 3.14 bits per heavy atom. The number of hydrogen-bond acceptors (Lipinski definition) is 3. The molecule has 2 heterocycles. The molecule has 2 N–H and O–H groups in total. The van der Waals surface area contributed by atoms with E-state index in [1.165, 1.54) is 6.42 Å². The summed E-state index contributed by atoms with van der Waals surface area (Å²) in [7, 11) is 0. The Kier molecular flexibility index (Phi) is 3.31. The molecule has 1 saturated heterocycles. The average molecular weight is 231 g/mol. The van der Waals surface area contributed by atoms with Gasteiger partial charge in [0.1, 0.15) is 4.34 Å². The van der Waals surface area contributed by atoms with Crippen LogP contribution in [0.5, 0.6) is 0 Å². The van der Waals surface area contributed by atoms with Crippen LogP contribution in [0.4, 0.5) is 5.69 Å². The van der Waals surface area contributed by atoms with E-state index < -0.39 is 0 Å². The van der Waals surface area contributed by atoms with Gasteiger partial charge in [-0.2, -0.15) is 0 Å². The van der Waals surface area contributed by atoms with Crippen LogP contribution in [0.25, 0.3) is 0 Å². The van der Waals surface area contributed by atoms with Crippen LogP contribution in [0, 0.1) is 5.92 Å². The van der Waals surface area contributed by atoms with Crippen LogP contribution in [-0.2, 0) is 0 Å². The Morgan fingerprint density at radius 1 is 1.64 bits per heavy atom. The maximum Gasteiger partial charge on any atom is 0.116 e. The minimum Gasteiger partial charge on any atom is -0.380 e. The molecule has 1 aliphatic rings. The lowest BCUT2D eigenvalue weighted by Crippen LogP contribution is -2.42. The number of rotatable bonds is 2. The summed E-state index contributed by atoms with van der Waals surface area (Å²) in [6.07, 6.45) is 1.17. The van der Waals surface area contributed by atoms with E-state index in [1.807, 2.05) is 5.38 Å². The van der Waals surface area contributed by atoms with Crippen LogP contribution in [0.2, 0.25) is 4.34 Å². The summed E-state index contributed by atoms with van der Waals surface area (Å²) in [4.78, 5) is 0. The predicted molar refractivity (Wildman–Crippen MR) is 63.4 cm³/mol. The Hall–Kier alpha value is -0.250. The van der Waals surface area contributed by atoms with E-state index in [1.54, 1.807) is 11.3 Å². The van der Waals surface area contributed by atoms with Gasteiger partial charge < -0.3 is 10.6 Å². The molecule has 0 radical (unpaired) electrons. The zero-order valence-corrected chi connectivity index (χ0v) is 9.79. The number of hydrogen-bond donors (Lipinski definition) is 2. The van der Waals surface area contributed by atoms with Crippen molar-refractivity contribution in [2.75, 3.05) is 18.4 Å². The number of anilines is 1. The SMILES string of the molecule is CC1CNCCC1Nc1ccsc1Cl. The Labute approximate surface area is 93.7 Å². The number of thiophene rings is 1. The molecule has 0 amide bonds. The summed E-state index contributed by atoms with van der Waals surface area (Å²) < 4.78 is 0.871. The van der Waals surface area contributed by atoms with Crippen molar-refractivity contribution in [1.29, 1.82) is 0 Å². The fourth-order valence-electron chi connectivity index (χ4n) is 1.82. The molecule has 2 nitrogen and oxygen atoms in total. The van der Waals surface area contributed by atoms with Gasteiger partial charge in [0.2, 0.25) is 0 Å². The first-order chi connectivity index (χ1) is 6.77. The van der Waals surface area contributed by atoms with Crippen molar-refractivity contribution in [1.82, 2.24) is 5.32 Å². The molecule has 0 aliphatic carbocycles. The van der Waals surface area contributed by atoms with Gasteiger partial charge in [-0.3, -0.25) is 0 Å². The van der Waals surface area contributed by atoms with Crippen LogP contribution >= 0.6 is 22.9 Å². The molecule has 78 valence electrons.